The van der Waals surface area contributed by atoms with E-state index in [0.717, 1.165) is 13.0 Å². The van der Waals surface area contributed by atoms with Gasteiger partial charge in [-0.1, -0.05) is 36.4 Å². The minimum Gasteiger partial charge on any atom is -0.412 e. The predicted octanol–water partition coefficient (Wildman–Crippen LogP) is 2.11. The van der Waals surface area contributed by atoms with Crippen molar-refractivity contribution in [3.8, 4) is 0 Å². The molecule has 0 heterocycles. The molecule has 0 N–H and O–H groups in total. The van der Waals surface area contributed by atoms with E-state index in [9.17, 15) is 0 Å². The zero-order valence-electron chi connectivity index (χ0n) is 7.99. The van der Waals surface area contributed by atoms with Crippen molar-refractivity contribution in [1.82, 2.24) is 0 Å². The molecular formula is C11H15OSi. The van der Waals surface area contributed by atoms with Gasteiger partial charge in [-0.3, -0.25) is 0 Å². The molecule has 0 aromatic heterocycles. The van der Waals surface area contributed by atoms with Gasteiger partial charge in [-0.25, -0.2) is 0 Å². The molecule has 0 aliphatic rings. The van der Waals surface area contributed by atoms with Crippen LogP contribution in [0.1, 0.15) is 6.42 Å². The van der Waals surface area contributed by atoms with E-state index < -0.39 is 9.04 Å². The Balaban J connectivity index is 2.39. The van der Waals surface area contributed by atoms with Crippen molar-refractivity contribution in [2.45, 2.75) is 13.0 Å². The van der Waals surface area contributed by atoms with Gasteiger partial charge in [0.25, 0.3) is 0 Å². The van der Waals surface area contributed by atoms with Crippen LogP contribution in [-0.2, 0) is 4.43 Å². The fourth-order valence-electron chi connectivity index (χ4n) is 1.05. The van der Waals surface area contributed by atoms with E-state index in [-0.39, 0.29) is 0 Å². The Morgan fingerprint density at radius 3 is 2.69 bits per heavy atom. The molecule has 1 aromatic carbocycles. The quantitative estimate of drug-likeness (QED) is 0.393. The second-order valence-corrected chi connectivity index (χ2v) is 4.83. The largest absolute Gasteiger partial charge is 0.412 e. The molecule has 1 radical (unpaired) electrons. The molecule has 2 heteroatoms. The number of benzene rings is 1. The Bertz CT molecular complexity index is 246. The summed E-state index contributed by atoms with van der Waals surface area (Å²) in [6.07, 6.45) is 2.83. The van der Waals surface area contributed by atoms with Gasteiger partial charge in [-0.2, -0.15) is 0 Å². The summed E-state index contributed by atoms with van der Waals surface area (Å²) in [5.74, 6) is 0. The van der Waals surface area contributed by atoms with E-state index in [1.165, 1.54) is 5.19 Å². The molecule has 1 nitrogen and oxygen atoms in total. The molecular weight excluding hydrogens is 176 g/mol. The summed E-state index contributed by atoms with van der Waals surface area (Å²) >= 11 is 0. The van der Waals surface area contributed by atoms with Crippen molar-refractivity contribution in [2.24, 2.45) is 0 Å². The van der Waals surface area contributed by atoms with E-state index in [2.05, 4.69) is 37.4 Å². The third-order valence-corrected chi connectivity index (χ3v) is 3.60. The molecule has 0 saturated carbocycles. The highest BCUT2D eigenvalue weighted by Gasteiger charge is 2.07. The Labute approximate surface area is 81.8 Å². The van der Waals surface area contributed by atoms with Crippen molar-refractivity contribution in [3.63, 3.8) is 0 Å². The zero-order chi connectivity index (χ0) is 9.52. The molecule has 0 unspecified atom stereocenters. The summed E-state index contributed by atoms with van der Waals surface area (Å²) in [6, 6.07) is 10.4. The van der Waals surface area contributed by atoms with Crippen LogP contribution in [0.2, 0.25) is 6.55 Å². The van der Waals surface area contributed by atoms with Gasteiger partial charge < -0.3 is 4.43 Å². The molecule has 1 rings (SSSR count). The van der Waals surface area contributed by atoms with Crippen LogP contribution in [0.5, 0.6) is 0 Å². The van der Waals surface area contributed by atoms with Crippen molar-refractivity contribution in [3.05, 3.63) is 43.0 Å². The van der Waals surface area contributed by atoms with Crippen molar-refractivity contribution in [1.29, 1.82) is 0 Å². The van der Waals surface area contributed by atoms with Gasteiger partial charge in [0.2, 0.25) is 9.04 Å². The highest BCUT2D eigenvalue weighted by Crippen LogP contribution is 1.92. The normalized spacial score (nSPS) is 10.3. The maximum atomic E-state index is 5.70. The van der Waals surface area contributed by atoms with Crippen LogP contribution in [0.15, 0.2) is 43.0 Å². The van der Waals surface area contributed by atoms with Crippen molar-refractivity contribution >= 4 is 14.2 Å². The molecule has 0 amide bonds. The fourth-order valence-corrected chi connectivity index (χ4v) is 2.30. The summed E-state index contributed by atoms with van der Waals surface area (Å²) in [6.45, 7) is 6.63. The van der Waals surface area contributed by atoms with Gasteiger partial charge in [0.05, 0.1) is 0 Å². The van der Waals surface area contributed by atoms with Gasteiger partial charge in [0.15, 0.2) is 0 Å². The molecule has 0 aliphatic carbocycles. The molecule has 13 heavy (non-hydrogen) atoms. The third-order valence-electron chi connectivity index (χ3n) is 1.82. The van der Waals surface area contributed by atoms with E-state index in [1.54, 1.807) is 0 Å². The van der Waals surface area contributed by atoms with Crippen LogP contribution >= 0.6 is 0 Å². The highest BCUT2D eigenvalue weighted by atomic mass is 28.3. The highest BCUT2D eigenvalue weighted by molar-refractivity contribution is 6.66. The van der Waals surface area contributed by atoms with Crippen LogP contribution in [0.25, 0.3) is 0 Å². The lowest BCUT2D eigenvalue weighted by molar-refractivity contribution is 0.338. The minimum absolute atomic E-state index is 0.787. The number of rotatable bonds is 5. The molecule has 0 bridgehead atoms. The summed E-state index contributed by atoms with van der Waals surface area (Å²) in [7, 11) is -0.787. The topological polar surface area (TPSA) is 9.23 Å². The lowest BCUT2D eigenvalue weighted by atomic mass is 10.4. The van der Waals surface area contributed by atoms with Gasteiger partial charge in [0.1, 0.15) is 0 Å². The number of hydrogen-bond donors (Lipinski definition) is 0. The zero-order valence-corrected chi connectivity index (χ0v) is 8.99. The molecule has 0 spiro atoms. The van der Waals surface area contributed by atoms with E-state index >= 15 is 0 Å². The second kappa shape index (κ2) is 5.73. The SMILES string of the molecule is C=CCCO[Si](C)c1ccccc1. The first-order valence-electron chi connectivity index (χ1n) is 4.47. The predicted molar refractivity (Wildman–Crippen MR) is 58.5 cm³/mol. The van der Waals surface area contributed by atoms with E-state index in [0.29, 0.717) is 0 Å². The van der Waals surface area contributed by atoms with E-state index in [1.807, 2.05) is 12.1 Å². The fraction of sp³-hybridized carbons (Fsp3) is 0.273. The average molecular weight is 191 g/mol. The first kappa shape index (κ1) is 10.2. The summed E-state index contributed by atoms with van der Waals surface area (Å²) in [5, 5.41) is 1.33. The maximum absolute atomic E-state index is 5.70. The Morgan fingerprint density at radius 1 is 1.38 bits per heavy atom. The first-order valence-corrected chi connectivity index (χ1v) is 6.38. The monoisotopic (exact) mass is 191 g/mol. The van der Waals surface area contributed by atoms with Crippen LogP contribution in [0.3, 0.4) is 0 Å². The number of hydrogen-bond acceptors (Lipinski definition) is 1. The van der Waals surface area contributed by atoms with Gasteiger partial charge in [-0.15, -0.1) is 6.58 Å². The van der Waals surface area contributed by atoms with Crippen LogP contribution < -0.4 is 5.19 Å². The van der Waals surface area contributed by atoms with Gasteiger partial charge >= 0.3 is 0 Å². The summed E-state index contributed by atoms with van der Waals surface area (Å²) in [5.41, 5.74) is 0. The third kappa shape index (κ3) is 3.57. The summed E-state index contributed by atoms with van der Waals surface area (Å²) < 4.78 is 5.70. The standard InChI is InChI=1S/C11H15OSi/c1-3-4-10-12-13(2)11-8-6-5-7-9-11/h3,5-9H,1,4,10H2,2H3. The smallest absolute Gasteiger partial charge is 0.243 e. The molecule has 0 aliphatic heterocycles. The minimum atomic E-state index is -0.787. The van der Waals surface area contributed by atoms with Crippen molar-refractivity contribution < 1.29 is 4.43 Å². The molecule has 1 aromatic rings. The molecule has 0 saturated heterocycles. The first-order chi connectivity index (χ1) is 6.34. The molecule has 0 atom stereocenters. The molecule has 69 valence electrons. The van der Waals surface area contributed by atoms with E-state index in [4.69, 9.17) is 4.43 Å². The lowest BCUT2D eigenvalue weighted by Crippen LogP contribution is -2.30. The van der Waals surface area contributed by atoms with Crippen molar-refractivity contribution in [2.75, 3.05) is 6.61 Å². The average Bonchev–Trinajstić information content (AvgIpc) is 2.19. The Hall–Kier alpha value is -0.863. The lowest BCUT2D eigenvalue weighted by Gasteiger charge is -2.09. The van der Waals surface area contributed by atoms with Gasteiger partial charge in [0, 0.05) is 6.61 Å². The van der Waals surface area contributed by atoms with Crippen LogP contribution in [0, 0.1) is 0 Å². The Kier molecular flexibility index (Phi) is 4.50. The Morgan fingerprint density at radius 2 is 2.08 bits per heavy atom. The summed E-state index contributed by atoms with van der Waals surface area (Å²) in [4.78, 5) is 0. The second-order valence-electron chi connectivity index (χ2n) is 2.85. The van der Waals surface area contributed by atoms with Crippen LogP contribution in [0.4, 0.5) is 0 Å². The van der Waals surface area contributed by atoms with Crippen LogP contribution in [-0.4, -0.2) is 15.6 Å². The molecule has 0 fully saturated rings. The van der Waals surface area contributed by atoms with Gasteiger partial charge in [-0.05, 0) is 18.2 Å². The maximum Gasteiger partial charge on any atom is 0.243 e.